The molecule has 0 aliphatic carbocycles. The number of aliphatic hydroxyl groups is 2. The van der Waals surface area contributed by atoms with Gasteiger partial charge in [0.15, 0.2) is 0 Å². The van der Waals surface area contributed by atoms with Crippen LogP contribution in [0.2, 0.25) is 0 Å². The highest BCUT2D eigenvalue weighted by Gasteiger charge is 2.32. The van der Waals surface area contributed by atoms with Crippen LogP contribution in [0.5, 0.6) is 0 Å². The lowest BCUT2D eigenvalue weighted by atomic mass is 10.0. The normalized spacial score (nSPS) is 32.3. The van der Waals surface area contributed by atoms with Gasteiger partial charge < -0.3 is 25.2 Å². The number of hydrogen-bond donors (Lipinski definition) is 3. The SMILES string of the molecule is CN1CCC(N(C)CC(=O)N[C@@H]2COC[C@@H](O)[C@H]2O)CC1. The monoisotopic (exact) mass is 301 g/mol. The molecule has 7 nitrogen and oxygen atoms in total. The zero-order valence-corrected chi connectivity index (χ0v) is 12.9. The van der Waals surface area contributed by atoms with E-state index in [4.69, 9.17) is 4.74 Å². The van der Waals surface area contributed by atoms with Crippen LogP contribution >= 0.6 is 0 Å². The van der Waals surface area contributed by atoms with Crippen molar-refractivity contribution in [3.8, 4) is 0 Å². The Kier molecular flexibility index (Phi) is 5.95. The van der Waals surface area contributed by atoms with E-state index >= 15 is 0 Å². The topological polar surface area (TPSA) is 85.3 Å². The number of nitrogens with one attached hydrogen (secondary N) is 1. The Morgan fingerprint density at radius 1 is 1.33 bits per heavy atom. The van der Waals surface area contributed by atoms with Crippen molar-refractivity contribution in [2.75, 3.05) is 46.9 Å². The van der Waals surface area contributed by atoms with E-state index < -0.39 is 18.2 Å². The van der Waals surface area contributed by atoms with Gasteiger partial charge in [0, 0.05) is 6.04 Å². The zero-order valence-electron chi connectivity index (χ0n) is 12.9. The summed E-state index contributed by atoms with van der Waals surface area (Å²) >= 11 is 0. The Labute approximate surface area is 125 Å². The largest absolute Gasteiger partial charge is 0.388 e. The van der Waals surface area contributed by atoms with Crippen LogP contribution in [0.25, 0.3) is 0 Å². The van der Waals surface area contributed by atoms with Crippen molar-refractivity contribution in [1.29, 1.82) is 0 Å². The third kappa shape index (κ3) is 4.62. The smallest absolute Gasteiger partial charge is 0.234 e. The molecule has 2 heterocycles. The van der Waals surface area contributed by atoms with Crippen LogP contribution in [0.3, 0.4) is 0 Å². The molecule has 0 spiro atoms. The number of piperidine rings is 1. The van der Waals surface area contributed by atoms with E-state index in [1.54, 1.807) is 0 Å². The molecular formula is C14H27N3O4. The molecule has 2 aliphatic heterocycles. The van der Waals surface area contributed by atoms with Crippen LogP contribution in [-0.4, -0.2) is 97.2 Å². The molecule has 1 amide bonds. The second kappa shape index (κ2) is 7.51. The van der Waals surface area contributed by atoms with Gasteiger partial charge in [0.1, 0.15) is 12.2 Å². The molecule has 0 saturated carbocycles. The third-order valence-electron chi connectivity index (χ3n) is 4.44. The Hall–Kier alpha value is -0.730. The lowest BCUT2D eigenvalue weighted by Gasteiger charge is -2.36. The lowest BCUT2D eigenvalue weighted by Crippen LogP contribution is -2.57. The van der Waals surface area contributed by atoms with E-state index in [2.05, 4.69) is 22.2 Å². The van der Waals surface area contributed by atoms with Crippen molar-refractivity contribution < 1.29 is 19.7 Å². The van der Waals surface area contributed by atoms with Crippen molar-refractivity contribution in [2.45, 2.75) is 37.1 Å². The Balaban J connectivity index is 1.76. The van der Waals surface area contributed by atoms with Gasteiger partial charge in [0.05, 0.1) is 25.8 Å². The van der Waals surface area contributed by atoms with Gasteiger partial charge >= 0.3 is 0 Å². The molecule has 7 heteroatoms. The van der Waals surface area contributed by atoms with Crippen molar-refractivity contribution in [1.82, 2.24) is 15.1 Å². The number of carbonyl (C=O) groups is 1. The van der Waals surface area contributed by atoms with Gasteiger partial charge in [0.25, 0.3) is 0 Å². The van der Waals surface area contributed by atoms with Gasteiger partial charge in [-0.3, -0.25) is 9.69 Å². The highest BCUT2D eigenvalue weighted by molar-refractivity contribution is 5.78. The Morgan fingerprint density at radius 3 is 2.67 bits per heavy atom. The fourth-order valence-corrected chi connectivity index (χ4v) is 2.95. The van der Waals surface area contributed by atoms with Gasteiger partial charge in [-0.2, -0.15) is 0 Å². The summed E-state index contributed by atoms with van der Waals surface area (Å²) in [7, 11) is 4.07. The molecule has 2 fully saturated rings. The lowest BCUT2D eigenvalue weighted by molar-refractivity contribution is -0.132. The van der Waals surface area contributed by atoms with Crippen LogP contribution < -0.4 is 5.32 Å². The summed E-state index contributed by atoms with van der Waals surface area (Å²) in [5.74, 6) is -0.141. The standard InChI is InChI=1S/C14H27N3O4/c1-16-5-3-10(4-6-16)17(2)7-13(19)15-11-8-21-9-12(18)14(11)20/h10-12,14,18,20H,3-9H2,1-2H3,(H,15,19)/t11-,12-,14+/m1/s1. The number of amides is 1. The second-order valence-electron chi connectivity index (χ2n) is 6.22. The fraction of sp³-hybridized carbons (Fsp3) is 0.929. The van der Waals surface area contributed by atoms with Crippen molar-refractivity contribution in [3.63, 3.8) is 0 Å². The van der Waals surface area contributed by atoms with Gasteiger partial charge in [-0.1, -0.05) is 0 Å². The maximum atomic E-state index is 12.1. The Morgan fingerprint density at radius 2 is 2.00 bits per heavy atom. The number of aliphatic hydroxyl groups excluding tert-OH is 2. The second-order valence-corrected chi connectivity index (χ2v) is 6.22. The number of nitrogens with zero attached hydrogens (tertiary/aromatic N) is 2. The molecule has 0 aromatic rings. The summed E-state index contributed by atoms with van der Waals surface area (Å²) in [6.45, 7) is 2.76. The first-order chi connectivity index (χ1) is 9.97. The molecule has 21 heavy (non-hydrogen) atoms. The van der Waals surface area contributed by atoms with E-state index in [1.165, 1.54) is 0 Å². The predicted octanol–water partition coefficient (Wildman–Crippen LogP) is -1.75. The van der Waals surface area contributed by atoms with E-state index in [-0.39, 0.29) is 19.1 Å². The number of carbonyl (C=O) groups excluding carboxylic acids is 1. The summed E-state index contributed by atoms with van der Waals surface area (Å²) < 4.78 is 5.15. The molecule has 2 aliphatic rings. The Bertz CT molecular complexity index is 347. The summed E-state index contributed by atoms with van der Waals surface area (Å²) in [5, 5.41) is 22.1. The maximum absolute atomic E-state index is 12.1. The summed E-state index contributed by atoms with van der Waals surface area (Å²) in [6, 6.07) is -0.114. The number of ether oxygens (including phenoxy) is 1. The highest BCUT2D eigenvalue weighted by atomic mass is 16.5. The average molecular weight is 301 g/mol. The van der Waals surface area contributed by atoms with Crippen molar-refractivity contribution in [3.05, 3.63) is 0 Å². The number of rotatable bonds is 4. The van der Waals surface area contributed by atoms with E-state index in [9.17, 15) is 15.0 Å². The van der Waals surface area contributed by atoms with Gasteiger partial charge in [0.2, 0.25) is 5.91 Å². The molecule has 0 aromatic heterocycles. The average Bonchev–Trinajstić information content (AvgIpc) is 2.44. The molecule has 0 unspecified atom stereocenters. The van der Waals surface area contributed by atoms with Gasteiger partial charge in [-0.05, 0) is 40.0 Å². The molecule has 0 radical (unpaired) electrons. The maximum Gasteiger partial charge on any atom is 0.234 e. The molecule has 3 N–H and O–H groups in total. The minimum absolute atomic E-state index is 0.114. The fourth-order valence-electron chi connectivity index (χ4n) is 2.95. The van der Waals surface area contributed by atoms with Gasteiger partial charge in [-0.15, -0.1) is 0 Å². The molecule has 2 saturated heterocycles. The molecular weight excluding hydrogens is 274 g/mol. The van der Waals surface area contributed by atoms with E-state index in [1.807, 2.05) is 7.05 Å². The summed E-state index contributed by atoms with van der Waals surface area (Å²) in [4.78, 5) is 16.4. The molecule has 122 valence electrons. The molecule has 0 aromatic carbocycles. The zero-order chi connectivity index (χ0) is 15.4. The quantitative estimate of drug-likeness (QED) is 0.571. The van der Waals surface area contributed by atoms with E-state index in [0.717, 1.165) is 25.9 Å². The minimum Gasteiger partial charge on any atom is -0.388 e. The summed E-state index contributed by atoms with van der Waals surface area (Å²) in [6.07, 6.45) is 0.231. The van der Waals surface area contributed by atoms with Crippen LogP contribution in [0.15, 0.2) is 0 Å². The molecule has 0 bridgehead atoms. The predicted molar refractivity (Wildman–Crippen MR) is 77.9 cm³/mol. The van der Waals surface area contributed by atoms with Crippen LogP contribution in [-0.2, 0) is 9.53 Å². The minimum atomic E-state index is -0.962. The van der Waals surface area contributed by atoms with Crippen LogP contribution in [0.4, 0.5) is 0 Å². The molecule has 3 atom stereocenters. The highest BCUT2D eigenvalue weighted by Crippen LogP contribution is 2.14. The van der Waals surface area contributed by atoms with Crippen LogP contribution in [0.1, 0.15) is 12.8 Å². The molecule has 2 rings (SSSR count). The third-order valence-corrected chi connectivity index (χ3v) is 4.44. The first-order valence-electron chi connectivity index (χ1n) is 7.59. The van der Waals surface area contributed by atoms with Crippen LogP contribution in [0, 0.1) is 0 Å². The first-order valence-corrected chi connectivity index (χ1v) is 7.59. The first kappa shape index (κ1) is 16.6. The van der Waals surface area contributed by atoms with Crippen molar-refractivity contribution in [2.24, 2.45) is 0 Å². The van der Waals surface area contributed by atoms with Crippen molar-refractivity contribution >= 4 is 5.91 Å². The number of hydrogen-bond acceptors (Lipinski definition) is 6. The number of likely N-dealkylation sites (tertiary alicyclic amines) is 1. The number of likely N-dealkylation sites (N-methyl/N-ethyl adjacent to an activating group) is 1. The van der Waals surface area contributed by atoms with E-state index in [0.29, 0.717) is 12.6 Å². The summed E-state index contributed by atoms with van der Waals surface area (Å²) in [5.41, 5.74) is 0. The van der Waals surface area contributed by atoms with Gasteiger partial charge in [-0.25, -0.2) is 0 Å².